The molecule has 0 aromatic carbocycles. The molecule has 1 aliphatic heterocycles. The monoisotopic (exact) mass is 657 g/mol. The molecule has 1 saturated heterocycles. The van der Waals surface area contributed by atoms with E-state index in [1.807, 2.05) is 0 Å². The van der Waals surface area contributed by atoms with Crippen molar-refractivity contribution in [3.05, 3.63) is 16.7 Å². The number of fused-ring (bicyclic) bond motifs is 1. The summed E-state index contributed by atoms with van der Waals surface area (Å²) < 4.78 is 77.7. The first-order chi connectivity index (χ1) is 21.0. The van der Waals surface area contributed by atoms with E-state index >= 15 is 4.39 Å². The van der Waals surface area contributed by atoms with Crippen LogP contribution in [0.15, 0.2) is 11.1 Å². The van der Waals surface area contributed by atoms with E-state index in [2.05, 4.69) is 29.5 Å². The van der Waals surface area contributed by atoms with Crippen LogP contribution in [0.5, 0.6) is 0 Å². The molecule has 1 aliphatic rings. The number of aromatic nitrogens is 4. The standard InChI is InChI=1S/C23H35FN5O14P/c1-12(2)41-20(32)36-10-39-44(35,40-11-37-21(33)42-13(3)4)38-8-23(24)14(6-7-30)22(5,34)18(43-23)29-9-26-15-16(29)27-19(25)28-17(15)31/h9,12-14,18,30,34H,6-8,10-11H2,1-5H3,(H3,25,27,28,31)/t14-,18+,22+,23+/m0/s1/i30T. The number of halogens is 1. The lowest BCUT2D eigenvalue weighted by molar-refractivity contribution is -0.195. The number of carbonyl (C=O) groups excluding carboxylic acids is 2. The van der Waals surface area contributed by atoms with Crippen molar-refractivity contribution < 1.29 is 66.0 Å². The Balaban J connectivity index is 1.86. The number of rotatable bonds is 15. The smallest absolute Gasteiger partial charge is 0.432 e. The zero-order valence-corrected chi connectivity index (χ0v) is 25.3. The van der Waals surface area contributed by atoms with E-state index in [0.29, 0.717) is 0 Å². The second-order valence-electron chi connectivity index (χ2n) is 10.1. The van der Waals surface area contributed by atoms with E-state index < -0.39 is 81.7 Å². The molecule has 3 rings (SSSR count). The summed E-state index contributed by atoms with van der Waals surface area (Å²) in [6, 6.07) is 0. The molecule has 0 radical (unpaired) electrons. The van der Waals surface area contributed by atoms with Crippen LogP contribution in [-0.2, 0) is 41.8 Å². The molecule has 0 spiro atoms. The van der Waals surface area contributed by atoms with Gasteiger partial charge in [-0.15, -0.1) is 0 Å². The topological polar surface area (TPSA) is 255 Å². The molecule has 248 valence electrons. The number of aromatic amines is 1. The Kier molecular flexibility index (Phi) is 10.8. The number of H-pyrrole nitrogens is 1. The zero-order valence-electron chi connectivity index (χ0n) is 25.4. The van der Waals surface area contributed by atoms with Crippen LogP contribution in [0.2, 0.25) is 0 Å². The Labute approximate surface area is 250 Å². The van der Waals surface area contributed by atoms with E-state index in [-0.39, 0.29) is 30.1 Å². The minimum atomic E-state index is -4.95. The van der Waals surface area contributed by atoms with Crippen LogP contribution in [0.1, 0.15) is 47.3 Å². The number of nitrogen functional groups attached to an aromatic ring is 1. The van der Waals surface area contributed by atoms with Crippen LogP contribution in [0.25, 0.3) is 11.2 Å². The van der Waals surface area contributed by atoms with Crippen molar-refractivity contribution in [3.63, 3.8) is 0 Å². The first kappa shape index (κ1) is 33.5. The number of nitrogens with two attached hydrogens (primary N) is 1. The number of anilines is 1. The van der Waals surface area contributed by atoms with Gasteiger partial charge in [0.2, 0.25) is 26.8 Å². The van der Waals surface area contributed by atoms with Crippen molar-refractivity contribution in [2.75, 3.05) is 32.5 Å². The van der Waals surface area contributed by atoms with Crippen molar-refractivity contribution in [2.45, 2.75) is 70.9 Å². The predicted octanol–water partition coefficient (Wildman–Crippen LogP) is 1.84. The number of nitrogens with zero attached hydrogens (tertiary/aromatic N) is 3. The fraction of sp³-hybridized carbons (Fsp3) is 0.696. The van der Waals surface area contributed by atoms with Crippen LogP contribution in [0.3, 0.4) is 0 Å². The Bertz CT molecular complexity index is 1410. The van der Waals surface area contributed by atoms with Crippen molar-refractivity contribution >= 4 is 37.2 Å². The maximum absolute atomic E-state index is 16.7. The number of carbonyl (C=O) groups is 2. The van der Waals surface area contributed by atoms with Crippen LogP contribution in [0, 0.1) is 5.92 Å². The second-order valence-corrected chi connectivity index (χ2v) is 11.8. The van der Waals surface area contributed by atoms with E-state index in [4.69, 9.17) is 34.9 Å². The molecule has 0 bridgehead atoms. The summed E-state index contributed by atoms with van der Waals surface area (Å²) in [6.45, 7) is 3.55. The summed E-state index contributed by atoms with van der Waals surface area (Å²) in [5.41, 5.74) is 2.45. The highest BCUT2D eigenvalue weighted by Crippen LogP contribution is 2.55. The molecule has 3 heterocycles. The molecule has 19 nitrogen and oxygen atoms in total. The van der Waals surface area contributed by atoms with Gasteiger partial charge in [-0.3, -0.25) is 18.9 Å². The van der Waals surface area contributed by atoms with Crippen molar-refractivity contribution in [3.8, 4) is 0 Å². The highest BCUT2D eigenvalue weighted by molar-refractivity contribution is 7.48. The molecule has 21 heteroatoms. The number of hydrogen-bond acceptors (Lipinski definition) is 17. The number of aliphatic hydroxyl groups excluding tert-OH is 1. The molecule has 1 fully saturated rings. The maximum atomic E-state index is 16.7. The average Bonchev–Trinajstić information content (AvgIpc) is 3.41. The number of nitrogens with one attached hydrogen (secondary N) is 1. The van der Waals surface area contributed by atoms with Gasteiger partial charge in [-0.1, -0.05) is 0 Å². The van der Waals surface area contributed by atoms with Gasteiger partial charge < -0.3 is 39.6 Å². The summed E-state index contributed by atoms with van der Waals surface area (Å²) in [7, 11) is -4.95. The molecular formula is C23H35FN5O14P. The number of ether oxygens (including phenoxy) is 5. The molecule has 2 aromatic rings. The summed E-state index contributed by atoms with van der Waals surface area (Å²) in [5.74, 6) is -4.87. The fourth-order valence-corrected chi connectivity index (χ4v) is 5.14. The highest BCUT2D eigenvalue weighted by atomic mass is 31.2. The molecule has 44 heavy (non-hydrogen) atoms. The minimum absolute atomic E-state index is 0.157. The van der Waals surface area contributed by atoms with Gasteiger partial charge in [-0.05, 0) is 41.0 Å². The Morgan fingerprint density at radius 2 is 1.80 bits per heavy atom. The largest absolute Gasteiger partial charge is 0.510 e. The molecule has 0 aliphatic carbocycles. The SMILES string of the molecule is [3H]OCC[C@H]1[C@@](C)(O)[C@H](n2cnc3c(=O)[nH]c(N)nc32)O[C@]1(F)COP(=O)(OCOC(=O)OC(C)C)OCOC(=O)OC(C)C. The lowest BCUT2D eigenvalue weighted by atomic mass is 9.83. The van der Waals surface area contributed by atoms with Gasteiger partial charge in [0.15, 0.2) is 17.4 Å². The fourth-order valence-electron chi connectivity index (χ4n) is 4.22. The summed E-state index contributed by atoms with van der Waals surface area (Å²) >= 11 is 0. The highest BCUT2D eigenvalue weighted by Gasteiger charge is 2.63. The van der Waals surface area contributed by atoms with E-state index in [9.17, 15) is 24.1 Å². The van der Waals surface area contributed by atoms with E-state index in [1.165, 1.54) is 34.6 Å². The molecule has 0 amide bonds. The number of imidazole rings is 1. The minimum Gasteiger partial charge on any atom is -0.432 e. The van der Waals surface area contributed by atoms with Crippen LogP contribution < -0.4 is 11.3 Å². The van der Waals surface area contributed by atoms with Crippen molar-refractivity contribution in [1.82, 2.24) is 19.5 Å². The third-order valence-electron chi connectivity index (χ3n) is 6.00. The first-order valence-electron chi connectivity index (χ1n) is 13.5. The quantitative estimate of drug-likeness (QED) is 0.121. The Hall–Kier alpha value is -3.39. The van der Waals surface area contributed by atoms with Crippen molar-refractivity contribution in [2.24, 2.45) is 5.92 Å². The van der Waals surface area contributed by atoms with Gasteiger partial charge in [0.25, 0.3) is 5.56 Å². The van der Waals surface area contributed by atoms with Crippen LogP contribution >= 0.6 is 7.82 Å². The van der Waals surface area contributed by atoms with Gasteiger partial charge in [0.05, 0.1) is 24.5 Å². The van der Waals surface area contributed by atoms with Gasteiger partial charge >= 0.3 is 20.1 Å². The summed E-state index contributed by atoms with van der Waals surface area (Å²) in [5, 5.41) is 15.8. The third-order valence-corrected chi connectivity index (χ3v) is 7.29. The Morgan fingerprint density at radius 3 is 2.34 bits per heavy atom. The Morgan fingerprint density at radius 1 is 1.20 bits per heavy atom. The van der Waals surface area contributed by atoms with Gasteiger partial charge in [0, 0.05) is 6.61 Å². The lowest BCUT2D eigenvalue weighted by Crippen LogP contribution is -2.44. The normalized spacial score (nSPS) is 24.1. The molecule has 5 N–H and O–H groups in total. The van der Waals surface area contributed by atoms with Gasteiger partial charge in [-0.25, -0.2) is 32.6 Å². The third kappa shape index (κ3) is 8.40. The summed E-state index contributed by atoms with van der Waals surface area (Å²) in [6.07, 6.45) is -4.44. The molecule has 0 saturated carbocycles. The van der Waals surface area contributed by atoms with Gasteiger partial charge in [0.1, 0.15) is 12.2 Å². The van der Waals surface area contributed by atoms with Crippen LogP contribution in [0.4, 0.5) is 19.9 Å². The van der Waals surface area contributed by atoms with Crippen LogP contribution in [-0.4, -0.2) is 93.9 Å². The maximum Gasteiger partial charge on any atom is 0.510 e. The average molecular weight is 658 g/mol. The second kappa shape index (κ2) is 14.1. The zero-order chi connectivity index (χ0) is 33.6. The summed E-state index contributed by atoms with van der Waals surface area (Å²) in [4.78, 5) is 45.9. The molecular weight excluding hydrogens is 620 g/mol. The molecule has 2 aromatic heterocycles. The number of phosphoric acid groups is 1. The molecule has 0 unspecified atom stereocenters. The van der Waals surface area contributed by atoms with E-state index in [1.54, 1.807) is 0 Å². The number of alkyl halides is 1. The number of hydrogen-bond donors (Lipinski definition) is 4. The number of phosphoric ester groups is 1. The first-order valence-corrected chi connectivity index (χ1v) is 14.6. The number of aliphatic hydroxyl groups is 2. The van der Waals surface area contributed by atoms with Gasteiger partial charge in [-0.2, -0.15) is 4.98 Å². The van der Waals surface area contributed by atoms with Crippen molar-refractivity contribution in [1.29, 1.82) is 1.43 Å². The predicted molar refractivity (Wildman–Crippen MR) is 143 cm³/mol. The lowest BCUT2D eigenvalue weighted by Gasteiger charge is -2.31. The van der Waals surface area contributed by atoms with E-state index in [0.717, 1.165) is 10.9 Å². The molecule has 4 atom stereocenters.